The van der Waals surface area contributed by atoms with Crippen LogP contribution in [0.15, 0.2) is 170 Å². The lowest BCUT2D eigenvalue weighted by molar-refractivity contribution is 1.26. The first-order chi connectivity index (χ1) is 25.4. The Morgan fingerprint density at radius 1 is 0.308 bits per heavy atom. The number of nitrogens with zero attached hydrogens (tertiary/aromatic N) is 2. The van der Waals surface area contributed by atoms with Crippen LogP contribution in [0.25, 0.3) is 24.3 Å². The van der Waals surface area contributed by atoms with Gasteiger partial charge in [0.2, 0.25) is 0 Å². The molecule has 7 aromatic carbocycles. The highest BCUT2D eigenvalue weighted by molar-refractivity contribution is 5.81. The molecule has 0 aliphatic rings. The molecule has 0 atom stereocenters. The molecule has 0 N–H and O–H groups in total. The van der Waals surface area contributed by atoms with Gasteiger partial charge in [-0.05, 0) is 140 Å². The maximum absolute atomic E-state index is 2.32. The van der Waals surface area contributed by atoms with E-state index in [9.17, 15) is 0 Å². The van der Waals surface area contributed by atoms with E-state index < -0.39 is 0 Å². The second kappa shape index (κ2) is 15.7. The number of hydrogen-bond acceptors (Lipinski definition) is 2. The van der Waals surface area contributed by atoms with Crippen molar-refractivity contribution < 1.29 is 0 Å². The number of benzene rings is 7. The minimum Gasteiger partial charge on any atom is -0.311 e. The van der Waals surface area contributed by atoms with E-state index in [2.05, 4.69) is 232 Å². The average molecular weight is 673 g/mol. The normalized spacial score (nSPS) is 11.3. The highest BCUT2D eigenvalue weighted by Gasteiger charge is 2.14. The van der Waals surface area contributed by atoms with Crippen LogP contribution in [0.2, 0.25) is 0 Å². The third-order valence-corrected chi connectivity index (χ3v) is 9.36. The number of anilines is 6. The third kappa shape index (κ3) is 8.15. The predicted molar refractivity (Wildman–Crippen MR) is 225 cm³/mol. The van der Waals surface area contributed by atoms with Crippen LogP contribution in [0.1, 0.15) is 44.5 Å². The molecule has 2 heteroatoms. The van der Waals surface area contributed by atoms with Gasteiger partial charge >= 0.3 is 0 Å². The lowest BCUT2D eigenvalue weighted by Gasteiger charge is -2.26. The fourth-order valence-electron chi connectivity index (χ4n) is 6.49. The first-order valence-electron chi connectivity index (χ1n) is 17.9. The Kier molecular flexibility index (Phi) is 10.3. The van der Waals surface area contributed by atoms with Gasteiger partial charge in [-0.2, -0.15) is 0 Å². The summed E-state index contributed by atoms with van der Waals surface area (Å²) < 4.78 is 0. The topological polar surface area (TPSA) is 6.48 Å². The molecule has 0 unspecified atom stereocenters. The van der Waals surface area contributed by atoms with Gasteiger partial charge < -0.3 is 9.80 Å². The molecule has 2 nitrogen and oxygen atoms in total. The summed E-state index contributed by atoms with van der Waals surface area (Å²) in [5.74, 6) is 0. The summed E-state index contributed by atoms with van der Waals surface area (Å²) in [6, 6.07) is 60.8. The zero-order valence-corrected chi connectivity index (χ0v) is 30.4. The molecule has 0 spiro atoms. The van der Waals surface area contributed by atoms with Gasteiger partial charge in [0.1, 0.15) is 0 Å². The molecule has 0 aliphatic heterocycles. The lowest BCUT2D eigenvalue weighted by atomic mass is 10.0. The largest absolute Gasteiger partial charge is 0.311 e. The van der Waals surface area contributed by atoms with Gasteiger partial charge in [-0.1, -0.05) is 126 Å². The molecule has 7 rings (SSSR count). The fraction of sp³-hybridized carbons (Fsp3) is 0.0800. The summed E-state index contributed by atoms with van der Waals surface area (Å²) in [5, 5.41) is 0. The molecule has 0 fully saturated rings. The SMILES string of the molecule is Cc1ccc(N(c2ccc(C)cc2)c2ccc(C=Cc3cccc(C=Cc4ccc(N(c5ccccc5)c5cccc(C)c5)cc4C)c3)cc2)cc1. The number of rotatable bonds is 10. The Bertz CT molecular complexity index is 2270. The summed E-state index contributed by atoms with van der Waals surface area (Å²) in [7, 11) is 0. The molecule has 0 saturated carbocycles. The molecule has 52 heavy (non-hydrogen) atoms. The van der Waals surface area contributed by atoms with Gasteiger partial charge in [-0.25, -0.2) is 0 Å². The first-order valence-corrected chi connectivity index (χ1v) is 17.9. The lowest BCUT2D eigenvalue weighted by Crippen LogP contribution is -2.10. The maximum atomic E-state index is 2.32. The maximum Gasteiger partial charge on any atom is 0.0464 e. The third-order valence-electron chi connectivity index (χ3n) is 9.36. The molecule has 0 saturated heterocycles. The van der Waals surface area contributed by atoms with E-state index in [1.165, 1.54) is 33.4 Å². The molecule has 0 aliphatic carbocycles. The van der Waals surface area contributed by atoms with Crippen molar-refractivity contribution in [3.8, 4) is 0 Å². The highest BCUT2D eigenvalue weighted by atomic mass is 15.1. The van der Waals surface area contributed by atoms with Crippen LogP contribution in [0, 0.1) is 27.7 Å². The van der Waals surface area contributed by atoms with E-state index in [4.69, 9.17) is 0 Å². The van der Waals surface area contributed by atoms with Crippen molar-refractivity contribution in [3.05, 3.63) is 214 Å². The Morgan fingerprint density at radius 3 is 1.37 bits per heavy atom. The van der Waals surface area contributed by atoms with E-state index in [1.807, 2.05) is 0 Å². The van der Waals surface area contributed by atoms with E-state index in [0.29, 0.717) is 0 Å². The molecular weight excluding hydrogens is 629 g/mol. The summed E-state index contributed by atoms with van der Waals surface area (Å²) in [6.45, 7) is 8.58. The minimum atomic E-state index is 1.13. The summed E-state index contributed by atoms with van der Waals surface area (Å²) in [4.78, 5) is 4.63. The van der Waals surface area contributed by atoms with E-state index in [-0.39, 0.29) is 0 Å². The first kappa shape index (κ1) is 34.1. The Balaban J connectivity index is 1.07. The second-order valence-corrected chi connectivity index (χ2v) is 13.5. The van der Waals surface area contributed by atoms with E-state index in [0.717, 1.165) is 45.3 Å². The smallest absolute Gasteiger partial charge is 0.0464 e. The molecule has 0 heterocycles. The average Bonchev–Trinajstić information content (AvgIpc) is 3.16. The Labute approximate surface area is 309 Å². The van der Waals surface area contributed by atoms with Gasteiger partial charge in [0, 0.05) is 34.1 Å². The van der Waals surface area contributed by atoms with Crippen LogP contribution in [0.3, 0.4) is 0 Å². The predicted octanol–water partition coefficient (Wildman–Crippen LogP) is 14.2. The molecule has 0 radical (unpaired) electrons. The number of hydrogen-bond donors (Lipinski definition) is 0. The molecule has 0 bridgehead atoms. The van der Waals surface area contributed by atoms with Gasteiger partial charge in [0.05, 0.1) is 0 Å². The second-order valence-electron chi connectivity index (χ2n) is 13.5. The van der Waals surface area contributed by atoms with Gasteiger partial charge in [0.25, 0.3) is 0 Å². The van der Waals surface area contributed by atoms with Crippen LogP contribution < -0.4 is 9.80 Å². The van der Waals surface area contributed by atoms with Gasteiger partial charge in [-0.3, -0.25) is 0 Å². The quantitative estimate of drug-likeness (QED) is 0.133. The molecule has 7 aromatic rings. The van der Waals surface area contributed by atoms with Crippen molar-refractivity contribution in [1.82, 2.24) is 0 Å². The molecule has 0 amide bonds. The Morgan fingerprint density at radius 2 is 0.769 bits per heavy atom. The minimum absolute atomic E-state index is 1.13. The van der Waals surface area contributed by atoms with E-state index >= 15 is 0 Å². The zero-order valence-electron chi connectivity index (χ0n) is 30.4. The standard InChI is InChI=1S/C50H44N2/c1-37-16-27-46(28-17-37)51(47-29-18-38(2)19-30-47)48-31-23-41(24-32-48)20-21-42-11-9-12-43(36-42)22-25-44-26-33-50(35-40(44)4)52(45-13-6-5-7-14-45)49-15-8-10-39(3)34-49/h5-36H,1-4H3. The molecule has 0 aromatic heterocycles. The number of aryl methyl sites for hydroxylation is 4. The van der Waals surface area contributed by atoms with Crippen LogP contribution in [0.5, 0.6) is 0 Å². The fourth-order valence-corrected chi connectivity index (χ4v) is 6.49. The van der Waals surface area contributed by atoms with Crippen molar-refractivity contribution in [2.75, 3.05) is 9.80 Å². The van der Waals surface area contributed by atoms with Crippen molar-refractivity contribution in [2.24, 2.45) is 0 Å². The van der Waals surface area contributed by atoms with Crippen molar-refractivity contribution in [2.45, 2.75) is 27.7 Å². The highest BCUT2D eigenvalue weighted by Crippen LogP contribution is 2.37. The summed E-state index contributed by atoms with van der Waals surface area (Å²) in [5.41, 5.74) is 16.5. The Hall–Kier alpha value is -6.38. The van der Waals surface area contributed by atoms with Crippen molar-refractivity contribution in [3.63, 3.8) is 0 Å². The summed E-state index contributed by atoms with van der Waals surface area (Å²) in [6.07, 6.45) is 8.79. The molecular formula is C50H44N2. The summed E-state index contributed by atoms with van der Waals surface area (Å²) >= 11 is 0. The van der Waals surface area contributed by atoms with E-state index in [1.54, 1.807) is 0 Å². The van der Waals surface area contributed by atoms with Crippen molar-refractivity contribution in [1.29, 1.82) is 0 Å². The zero-order chi connectivity index (χ0) is 35.9. The van der Waals surface area contributed by atoms with Crippen LogP contribution in [0.4, 0.5) is 34.1 Å². The van der Waals surface area contributed by atoms with Gasteiger partial charge in [0.15, 0.2) is 0 Å². The molecule has 254 valence electrons. The van der Waals surface area contributed by atoms with Gasteiger partial charge in [-0.15, -0.1) is 0 Å². The van der Waals surface area contributed by atoms with Crippen LogP contribution in [-0.2, 0) is 0 Å². The number of para-hydroxylation sites is 1. The van der Waals surface area contributed by atoms with Crippen LogP contribution in [-0.4, -0.2) is 0 Å². The van der Waals surface area contributed by atoms with Crippen molar-refractivity contribution >= 4 is 58.4 Å². The monoisotopic (exact) mass is 672 g/mol. The van der Waals surface area contributed by atoms with Crippen LogP contribution >= 0.6 is 0 Å².